The van der Waals surface area contributed by atoms with Crippen LogP contribution in [0, 0.1) is 17.3 Å². The van der Waals surface area contributed by atoms with Gasteiger partial charge in [0.15, 0.2) is 0 Å². The molecule has 1 aliphatic heterocycles. The van der Waals surface area contributed by atoms with Crippen LogP contribution in [0.2, 0.25) is 0 Å². The van der Waals surface area contributed by atoms with Gasteiger partial charge in [0.1, 0.15) is 0 Å². The van der Waals surface area contributed by atoms with Crippen LogP contribution in [0.3, 0.4) is 0 Å². The molecule has 1 saturated carbocycles. The van der Waals surface area contributed by atoms with Gasteiger partial charge in [-0.15, -0.1) is 0 Å². The van der Waals surface area contributed by atoms with Gasteiger partial charge >= 0.3 is 0 Å². The maximum Gasteiger partial charge on any atom is 0.0243 e. The summed E-state index contributed by atoms with van der Waals surface area (Å²) in [6, 6.07) is 0.660. The predicted octanol–water partition coefficient (Wildman–Crippen LogP) is 2.40. The zero-order valence-corrected chi connectivity index (χ0v) is 11.2. The molecule has 2 N–H and O–H groups in total. The Hall–Kier alpha value is -0.0800. The standard InChI is InChI=1S/C14H28N2/c1-11(12-5-6-12)9-15-10-13-14(2,3)7-4-8-16-13/h11-13,15-16H,4-10H2,1-3H3. The van der Waals surface area contributed by atoms with Crippen molar-refractivity contribution in [3.05, 3.63) is 0 Å². The third-order valence-corrected chi connectivity index (χ3v) is 4.57. The van der Waals surface area contributed by atoms with E-state index in [0.717, 1.165) is 18.4 Å². The average Bonchev–Trinajstić information content (AvgIpc) is 3.03. The molecule has 2 rings (SSSR count). The molecule has 2 fully saturated rings. The van der Waals surface area contributed by atoms with Crippen LogP contribution in [-0.4, -0.2) is 25.7 Å². The number of hydrogen-bond donors (Lipinski definition) is 2. The Morgan fingerprint density at radius 1 is 1.38 bits per heavy atom. The Morgan fingerprint density at radius 3 is 2.75 bits per heavy atom. The zero-order valence-electron chi connectivity index (χ0n) is 11.2. The van der Waals surface area contributed by atoms with Gasteiger partial charge in [0.05, 0.1) is 0 Å². The van der Waals surface area contributed by atoms with Crippen molar-refractivity contribution in [2.75, 3.05) is 19.6 Å². The van der Waals surface area contributed by atoms with E-state index in [1.807, 2.05) is 0 Å². The van der Waals surface area contributed by atoms with E-state index in [4.69, 9.17) is 0 Å². The van der Waals surface area contributed by atoms with Crippen LogP contribution >= 0.6 is 0 Å². The van der Waals surface area contributed by atoms with Gasteiger partial charge in [0.25, 0.3) is 0 Å². The highest BCUT2D eigenvalue weighted by Crippen LogP contribution is 2.36. The molecule has 1 heterocycles. The first kappa shape index (κ1) is 12.4. The Bertz CT molecular complexity index is 221. The van der Waals surface area contributed by atoms with Gasteiger partial charge in [-0.1, -0.05) is 20.8 Å². The largest absolute Gasteiger partial charge is 0.315 e. The van der Waals surface area contributed by atoms with E-state index in [9.17, 15) is 0 Å². The van der Waals surface area contributed by atoms with Crippen LogP contribution in [0.1, 0.15) is 46.5 Å². The summed E-state index contributed by atoms with van der Waals surface area (Å²) in [4.78, 5) is 0. The summed E-state index contributed by atoms with van der Waals surface area (Å²) >= 11 is 0. The second kappa shape index (κ2) is 5.05. The first-order valence-corrected chi connectivity index (χ1v) is 7.04. The van der Waals surface area contributed by atoms with Crippen molar-refractivity contribution in [1.82, 2.24) is 10.6 Å². The third-order valence-electron chi connectivity index (χ3n) is 4.57. The lowest BCUT2D eigenvalue weighted by Crippen LogP contribution is -2.52. The zero-order chi connectivity index (χ0) is 11.6. The van der Waals surface area contributed by atoms with Crippen LogP contribution in [-0.2, 0) is 0 Å². The van der Waals surface area contributed by atoms with Crippen molar-refractivity contribution in [1.29, 1.82) is 0 Å². The summed E-state index contributed by atoms with van der Waals surface area (Å²) in [6.07, 6.45) is 5.64. The molecule has 0 spiro atoms. The minimum atomic E-state index is 0.466. The van der Waals surface area contributed by atoms with E-state index in [-0.39, 0.29) is 0 Å². The predicted molar refractivity (Wildman–Crippen MR) is 69.6 cm³/mol. The molecule has 16 heavy (non-hydrogen) atoms. The quantitative estimate of drug-likeness (QED) is 0.749. The fourth-order valence-electron chi connectivity index (χ4n) is 2.91. The van der Waals surface area contributed by atoms with Gasteiger partial charge < -0.3 is 10.6 Å². The van der Waals surface area contributed by atoms with Gasteiger partial charge in [0, 0.05) is 12.6 Å². The molecule has 2 heteroatoms. The number of nitrogens with one attached hydrogen (secondary N) is 2. The molecule has 1 saturated heterocycles. The van der Waals surface area contributed by atoms with Crippen LogP contribution < -0.4 is 10.6 Å². The third kappa shape index (κ3) is 3.21. The second-order valence-electron chi connectivity index (χ2n) is 6.57. The lowest BCUT2D eigenvalue weighted by molar-refractivity contribution is 0.174. The fourth-order valence-corrected chi connectivity index (χ4v) is 2.91. The number of rotatable bonds is 5. The number of piperidine rings is 1. The molecular weight excluding hydrogens is 196 g/mol. The van der Waals surface area contributed by atoms with Crippen molar-refractivity contribution in [3.8, 4) is 0 Å². The van der Waals surface area contributed by atoms with E-state index < -0.39 is 0 Å². The molecule has 0 amide bonds. The second-order valence-corrected chi connectivity index (χ2v) is 6.57. The Labute approximate surface area is 101 Å². The fraction of sp³-hybridized carbons (Fsp3) is 1.00. The van der Waals surface area contributed by atoms with Gasteiger partial charge in [-0.05, 0) is 56.0 Å². The average molecular weight is 224 g/mol. The van der Waals surface area contributed by atoms with E-state index in [2.05, 4.69) is 31.4 Å². The van der Waals surface area contributed by atoms with Gasteiger partial charge in [-0.2, -0.15) is 0 Å². The van der Waals surface area contributed by atoms with E-state index in [1.54, 1.807) is 0 Å². The summed E-state index contributed by atoms with van der Waals surface area (Å²) < 4.78 is 0. The molecule has 0 bridgehead atoms. The summed E-state index contributed by atoms with van der Waals surface area (Å²) in [5, 5.41) is 7.33. The molecule has 2 atom stereocenters. The lowest BCUT2D eigenvalue weighted by Gasteiger charge is -2.39. The molecule has 2 aliphatic rings. The highest BCUT2D eigenvalue weighted by Gasteiger charge is 2.32. The molecular formula is C14H28N2. The first-order chi connectivity index (χ1) is 7.59. The maximum absolute atomic E-state index is 3.67. The minimum Gasteiger partial charge on any atom is -0.315 e. The smallest absolute Gasteiger partial charge is 0.0243 e. The van der Waals surface area contributed by atoms with Crippen LogP contribution in [0.15, 0.2) is 0 Å². The highest BCUT2D eigenvalue weighted by molar-refractivity contribution is 4.90. The molecule has 0 aromatic rings. The summed E-state index contributed by atoms with van der Waals surface area (Å²) in [6.45, 7) is 10.7. The summed E-state index contributed by atoms with van der Waals surface area (Å²) in [7, 11) is 0. The minimum absolute atomic E-state index is 0.466. The lowest BCUT2D eigenvalue weighted by atomic mass is 9.77. The van der Waals surface area contributed by atoms with Crippen LogP contribution in [0.25, 0.3) is 0 Å². The van der Waals surface area contributed by atoms with Gasteiger partial charge in [-0.3, -0.25) is 0 Å². The molecule has 2 nitrogen and oxygen atoms in total. The van der Waals surface area contributed by atoms with Crippen molar-refractivity contribution in [2.45, 2.75) is 52.5 Å². The van der Waals surface area contributed by atoms with Crippen molar-refractivity contribution >= 4 is 0 Å². The molecule has 0 aromatic carbocycles. The molecule has 94 valence electrons. The highest BCUT2D eigenvalue weighted by atomic mass is 15.0. The molecule has 0 aromatic heterocycles. The Balaban J connectivity index is 1.67. The molecule has 2 unspecified atom stereocenters. The van der Waals surface area contributed by atoms with Crippen LogP contribution in [0.4, 0.5) is 0 Å². The maximum atomic E-state index is 3.67. The van der Waals surface area contributed by atoms with Crippen LogP contribution in [0.5, 0.6) is 0 Å². The van der Waals surface area contributed by atoms with Crippen molar-refractivity contribution in [3.63, 3.8) is 0 Å². The van der Waals surface area contributed by atoms with E-state index >= 15 is 0 Å². The summed E-state index contributed by atoms with van der Waals surface area (Å²) in [5.74, 6) is 1.91. The van der Waals surface area contributed by atoms with E-state index in [1.165, 1.54) is 38.8 Å². The van der Waals surface area contributed by atoms with Crippen molar-refractivity contribution < 1.29 is 0 Å². The monoisotopic (exact) mass is 224 g/mol. The SMILES string of the molecule is CC(CNCC1NCCCC1(C)C)C1CC1. The molecule has 0 radical (unpaired) electrons. The van der Waals surface area contributed by atoms with Gasteiger partial charge in [-0.25, -0.2) is 0 Å². The Kier molecular flexibility index (Phi) is 3.91. The summed E-state index contributed by atoms with van der Waals surface area (Å²) in [5.41, 5.74) is 0.466. The van der Waals surface area contributed by atoms with Crippen molar-refractivity contribution in [2.24, 2.45) is 17.3 Å². The van der Waals surface area contributed by atoms with Gasteiger partial charge in [0.2, 0.25) is 0 Å². The Morgan fingerprint density at radius 2 is 2.12 bits per heavy atom. The first-order valence-electron chi connectivity index (χ1n) is 7.04. The van der Waals surface area contributed by atoms with E-state index in [0.29, 0.717) is 11.5 Å². The number of hydrogen-bond acceptors (Lipinski definition) is 2. The molecule has 1 aliphatic carbocycles. The normalized spacial score (nSPS) is 31.3. The topological polar surface area (TPSA) is 24.1 Å².